The van der Waals surface area contributed by atoms with Gasteiger partial charge < -0.3 is 18.6 Å². The first-order valence-electron chi connectivity index (χ1n) is 5.02. The molecule has 1 rings (SSSR count). The Morgan fingerprint density at radius 2 is 2.24 bits per heavy atom. The fourth-order valence-electron chi connectivity index (χ4n) is 1.18. The molecule has 0 amide bonds. The molecule has 2 N–H and O–H groups in total. The molecule has 0 radical (unpaired) electrons. The zero-order valence-electron chi connectivity index (χ0n) is 9.71. The largest absolute Gasteiger partial charge is 0.510 e. The zero-order valence-corrected chi connectivity index (χ0v) is 10.5. The summed E-state index contributed by atoms with van der Waals surface area (Å²) >= 11 is 0. The summed E-state index contributed by atoms with van der Waals surface area (Å²) in [5, 5.41) is 0. The van der Waals surface area contributed by atoms with Crippen molar-refractivity contribution in [2.75, 3.05) is 12.4 Å². The lowest BCUT2D eigenvalue weighted by molar-refractivity contribution is -0.0161. The molecule has 1 unspecified atom stereocenters. The molecule has 1 heterocycles. The molecule has 1 atom stereocenters. The monoisotopic (exact) mass is 264 g/mol. The van der Waals surface area contributed by atoms with Crippen LogP contribution >= 0.6 is 10.9 Å². The third-order valence-electron chi connectivity index (χ3n) is 2.06. The van der Waals surface area contributed by atoms with Crippen molar-refractivity contribution in [2.45, 2.75) is 32.0 Å². The summed E-state index contributed by atoms with van der Waals surface area (Å²) in [6.07, 6.45) is 3.99. The van der Waals surface area contributed by atoms with Crippen LogP contribution in [0.1, 0.15) is 20.3 Å². The van der Waals surface area contributed by atoms with Gasteiger partial charge in [-0.2, -0.15) is 0 Å². The van der Waals surface area contributed by atoms with E-state index >= 15 is 0 Å². The van der Waals surface area contributed by atoms with Crippen molar-refractivity contribution in [3.05, 3.63) is 0 Å². The summed E-state index contributed by atoms with van der Waals surface area (Å²) in [7, 11) is -3.10. The second kappa shape index (κ2) is 5.14. The van der Waals surface area contributed by atoms with Gasteiger partial charge in [0, 0.05) is 6.42 Å². The second-order valence-corrected chi connectivity index (χ2v) is 5.91. The summed E-state index contributed by atoms with van der Waals surface area (Å²) in [6.45, 7) is 3.22. The standard InChI is InChI=1S/C10H16O6S/c1-4-10(2,3)16-9(11)15-8-5-6-14-17(12,13)7-8/h1,8,12-13H,5-7H2,2-3H3. The van der Waals surface area contributed by atoms with Crippen LogP contribution in [0.4, 0.5) is 4.79 Å². The third-order valence-corrected chi connectivity index (χ3v) is 3.41. The average Bonchev–Trinajstić information content (AvgIpc) is 2.14. The Kier molecular flexibility index (Phi) is 4.27. The molecule has 0 spiro atoms. The molecule has 0 aromatic heterocycles. The number of hydrogen-bond donors (Lipinski definition) is 2. The summed E-state index contributed by atoms with van der Waals surface area (Å²) in [6, 6.07) is 0. The van der Waals surface area contributed by atoms with Gasteiger partial charge >= 0.3 is 6.16 Å². The number of carbonyl (C=O) groups excluding carboxylic acids is 1. The minimum Gasteiger partial charge on any atom is -0.430 e. The van der Waals surface area contributed by atoms with Gasteiger partial charge in [-0.1, -0.05) is 5.92 Å². The minimum atomic E-state index is -3.10. The highest BCUT2D eigenvalue weighted by molar-refractivity contribution is 8.20. The predicted octanol–water partition coefficient (Wildman–Crippen LogP) is 2.01. The first-order valence-corrected chi connectivity index (χ1v) is 6.66. The van der Waals surface area contributed by atoms with Crippen LogP contribution in [-0.2, 0) is 13.7 Å². The normalized spacial score (nSPS) is 25.5. The van der Waals surface area contributed by atoms with Gasteiger partial charge in [0.25, 0.3) is 0 Å². The lowest BCUT2D eigenvalue weighted by atomic mass is 10.2. The Labute approximate surface area is 102 Å². The van der Waals surface area contributed by atoms with Gasteiger partial charge in [0.2, 0.25) is 0 Å². The van der Waals surface area contributed by atoms with E-state index in [9.17, 15) is 13.9 Å². The Hall–Kier alpha value is -0.940. The van der Waals surface area contributed by atoms with E-state index in [0.717, 1.165) is 0 Å². The van der Waals surface area contributed by atoms with E-state index in [2.05, 4.69) is 5.92 Å². The highest BCUT2D eigenvalue weighted by Crippen LogP contribution is 2.44. The van der Waals surface area contributed by atoms with Crippen LogP contribution in [0, 0.1) is 12.3 Å². The smallest absolute Gasteiger partial charge is 0.430 e. The molecule has 0 aliphatic carbocycles. The van der Waals surface area contributed by atoms with Gasteiger partial charge in [-0.3, -0.25) is 4.18 Å². The van der Waals surface area contributed by atoms with Gasteiger partial charge in [0.1, 0.15) is 6.10 Å². The van der Waals surface area contributed by atoms with E-state index in [1.54, 1.807) is 13.8 Å². The number of carbonyl (C=O) groups is 1. The lowest BCUT2D eigenvalue weighted by Gasteiger charge is -2.34. The number of rotatable bonds is 2. The van der Waals surface area contributed by atoms with Gasteiger partial charge in [0.05, 0.1) is 23.2 Å². The topological polar surface area (TPSA) is 85.2 Å². The van der Waals surface area contributed by atoms with Crippen LogP contribution in [0.15, 0.2) is 0 Å². The molecule has 98 valence electrons. The summed E-state index contributed by atoms with van der Waals surface area (Å²) in [5.74, 6) is 2.14. The van der Waals surface area contributed by atoms with Crippen molar-refractivity contribution >= 4 is 17.0 Å². The van der Waals surface area contributed by atoms with Gasteiger partial charge in [0.15, 0.2) is 5.60 Å². The van der Waals surface area contributed by atoms with E-state index in [-0.39, 0.29) is 12.4 Å². The first-order chi connectivity index (χ1) is 7.74. The summed E-state index contributed by atoms with van der Waals surface area (Å²) in [5.41, 5.74) is -1.05. The van der Waals surface area contributed by atoms with Gasteiger partial charge in [-0.05, 0) is 13.8 Å². The van der Waals surface area contributed by atoms with Crippen LogP contribution in [0.2, 0.25) is 0 Å². The molecule has 1 fully saturated rings. The molecule has 1 aliphatic heterocycles. The molecule has 1 saturated heterocycles. The Bertz CT molecular complexity index is 332. The quantitative estimate of drug-likeness (QED) is 0.586. The van der Waals surface area contributed by atoms with Crippen LogP contribution in [-0.4, -0.2) is 39.3 Å². The molecule has 17 heavy (non-hydrogen) atoms. The molecular formula is C10H16O6S. The summed E-state index contributed by atoms with van der Waals surface area (Å²) in [4.78, 5) is 11.4. The van der Waals surface area contributed by atoms with E-state index in [4.69, 9.17) is 20.1 Å². The third kappa shape index (κ3) is 4.83. The maximum absolute atomic E-state index is 11.4. The minimum absolute atomic E-state index is 0.124. The van der Waals surface area contributed by atoms with E-state index in [0.29, 0.717) is 6.42 Å². The highest BCUT2D eigenvalue weighted by atomic mass is 32.3. The van der Waals surface area contributed by atoms with Crippen molar-refractivity contribution < 1.29 is 27.6 Å². The van der Waals surface area contributed by atoms with Crippen LogP contribution < -0.4 is 0 Å². The molecule has 6 nitrogen and oxygen atoms in total. The van der Waals surface area contributed by atoms with Crippen molar-refractivity contribution in [2.24, 2.45) is 0 Å². The maximum atomic E-state index is 11.4. The second-order valence-electron chi connectivity index (χ2n) is 4.13. The molecular weight excluding hydrogens is 248 g/mol. The zero-order chi connectivity index (χ0) is 13.1. The van der Waals surface area contributed by atoms with E-state index in [1.165, 1.54) is 0 Å². The van der Waals surface area contributed by atoms with Crippen molar-refractivity contribution in [3.8, 4) is 12.3 Å². The molecule has 0 saturated carbocycles. The highest BCUT2D eigenvalue weighted by Gasteiger charge is 2.33. The first kappa shape index (κ1) is 14.1. The van der Waals surface area contributed by atoms with Crippen LogP contribution in [0.3, 0.4) is 0 Å². The maximum Gasteiger partial charge on any atom is 0.510 e. The number of ether oxygens (including phenoxy) is 2. The number of hydrogen-bond acceptors (Lipinski definition) is 6. The average molecular weight is 264 g/mol. The molecule has 0 bridgehead atoms. The van der Waals surface area contributed by atoms with Gasteiger partial charge in [-0.25, -0.2) is 4.79 Å². The SMILES string of the molecule is C#CC(C)(C)OC(=O)OC1CCOS(O)(O)C1. The Morgan fingerprint density at radius 3 is 2.76 bits per heavy atom. The van der Waals surface area contributed by atoms with Crippen molar-refractivity contribution in [1.29, 1.82) is 0 Å². The predicted molar refractivity (Wildman–Crippen MR) is 62.6 cm³/mol. The fraction of sp³-hybridized carbons (Fsp3) is 0.700. The van der Waals surface area contributed by atoms with Crippen molar-refractivity contribution in [3.63, 3.8) is 0 Å². The van der Waals surface area contributed by atoms with Gasteiger partial charge in [-0.15, -0.1) is 6.42 Å². The van der Waals surface area contributed by atoms with Crippen molar-refractivity contribution in [1.82, 2.24) is 0 Å². The van der Waals surface area contributed by atoms with Crippen LogP contribution in [0.25, 0.3) is 0 Å². The Morgan fingerprint density at radius 1 is 1.59 bits per heavy atom. The molecule has 0 aromatic rings. The number of terminal acetylenes is 1. The molecule has 0 aromatic carbocycles. The lowest BCUT2D eigenvalue weighted by Crippen LogP contribution is -2.34. The van der Waals surface area contributed by atoms with Crippen LogP contribution in [0.5, 0.6) is 0 Å². The molecule has 7 heteroatoms. The summed E-state index contributed by atoms with van der Waals surface area (Å²) < 4.78 is 33.1. The fourth-order valence-corrected chi connectivity index (χ4v) is 2.36. The molecule has 1 aliphatic rings. The Balaban J connectivity index is 2.45. The van der Waals surface area contributed by atoms with E-state index in [1.807, 2.05) is 0 Å². The van der Waals surface area contributed by atoms with E-state index < -0.39 is 28.7 Å².